The molecule has 4 nitrogen and oxygen atoms in total. The average Bonchev–Trinajstić information content (AvgIpc) is 2.34. The number of imide groups is 1. The molecule has 1 heterocycles. The second kappa shape index (κ2) is 5.21. The molecule has 0 spiro atoms. The van der Waals surface area contributed by atoms with Crippen LogP contribution in [0.3, 0.4) is 0 Å². The molecule has 0 aromatic heterocycles. The lowest BCUT2D eigenvalue weighted by atomic mass is 9.98. The van der Waals surface area contributed by atoms with Gasteiger partial charge < -0.3 is 5.32 Å². The summed E-state index contributed by atoms with van der Waals surface area (Å²) < 4.78 is 0. The smallest absolute Gasteiger partial charge is 0.324 e. The van der Waals surface area contributed by atoms with Crippen LogP contribution in [0, 0.1) is 5.92 Å². The number of rotatable bonds is 3. The highest BCUT2D eigenvalue weighted by atomic mass is 16.2. The fraction of sp³-hybridized carbons (Fsp3) is 0.429. The maximum absolute atomic E-state index is 12.0. The lowest BCUT2D eigenvalue weighted by Gasteiger charge is -2.33. The normalized spacial score (nSPS) is 20.2. The molecule has 1 fully saturated rings. The molecule has 1 aromatic rings. The molecule has 1 saturated heterocycles. The van der Waals surface area contributed by atoms with E-state index in [0.29, 0.717) is 13.0 Å². The number of amides is 3. The number of hydrogen-bond donors (Lipinski definition) is 1. The first-order valence-corrected chi connectivity index (χ1v) is 6.22. The molecule has 1 aliphatic rings. The topological polar surface area (TPSA) is 49.4 Å². The molecule has 96 valence electrons. The van der Waals surface area contributed by atoms with Crippen LogP contribution < -0.4 is 5.32 Å². The van der Waals surface area contributed by atoms with Gasteiger partial charge in [-0.3, -0.25) is 9.69 Å². The summed E-state index contributed by atoms with van der Waals surface area (Å²) >= 11 is 0. The van der Waals surface area contributed by atoms with Crippen molar-refractivity contribution < 1.29 is 9.59 Å². The SMILES string of the molecule is CC(C)C1CC(=O)N(Cc2ccccc2)C(=O)N1. The van der Waals surface area contributed by atoms with Crippen molar-refractivity contribution in [3.05, 3.63) is 35.9 Å². The van der Waals surface area contributed by atoms with E-state index in [1.165, 1.54) is 4.90 Å². The Labute approximate surface area is 107 Å². The average molecular weight is 246 g/mol. The van der Waals surface area contributed by atoms with Gasteiger partial charge in [-0.25, -0.2) is 4.79 Å². The summed E-state index contributed by atoms with van der Waals surface area (Å²) in [5.41, 5.74) is 0.962. The van der Waals surface area contributed by atoms with E-state index in [2.05, 4.69) is 5.32 Å². The minimum absolute atomic E-state index is 0.0444. The van der Waals surface area contributed by atoms with E-state index < -0.39 is 0 Å². The third-order valence-electron chi connectivity index (χ3n) is 3.24. The van der Waals surface area contributed by atoms with E-state index in [1.807, 2.05) is 44.2 Å². The van der Waals surface area contributed by atoms with E-state index in [9.17, 15) is 9.59 Å². The predicted molar refractivity (Wildman–Crippen MR) is 68.8 cm³/mol. The fourth-order valence-electron chi connectivity index (χ4n) is 2.03. The van der Waals surface area contributed by atoms with Crippen molar-refractivity contribution in [2.75, 3.05) is 0 Å². The minimum Gasteiger partial charge on any atom is -0.334 e. The largest absolute Gasteiger partial charge is 0.334 e. The third-order valence-corrected chi connectivity index (χ3v) is 3.24. The summed E-state index contributed by atoms with van der Waals surface area (Å²) in [6, 6.07) is 9.21. The number of nitrogens with one attached hydrogen (secondary N) is 1. The molecule has 18 heavy (non-hydrogen) atoms. The molecular formula is C14H18N2O2. The first-order valence-electron chi connectivity index (χ1n) is 6.22. The van der Waals surface area contributed by atoms with E-state index in [4.69, 9.17) is 0 Å². The zero-order chi connectivity index (χ0) is 13.1. The van der Waals surface area contributed by atoms with Gasteiger partial charge in [-0.2, -0.15) is 0 Å². The molecule has 1 atom stereocenters. The van der Waals surface area contributed by atoms with Crippen molar-refractivity contribution in [1.29, 1.82) is 0 Å². The van der Waals surface area contributed by atoms with E-state index >= 15 is 0 Å². The van der Waals surface area contributed by atoms with E-state index in [1.54, 1.807) is 0 Å². The van der Waals surface area contributed by atoms with Gasteiger partial charge in [0.1, 0.15) is 0 Å². The minimum atomic E-state index is -0.284. The van der Waals surface area contributed by atoms with Crippen molar-refractivity contribution in [2.24, 2.45) is 5.92 Å². The van der Waals surface area contributed by atoms with Gasteiger partial charge in [-0.15, -0.1) is 0 Å². The molecule has 0 saturated carbocycles. The van der Waals surface area contributed by atoms with Gasteiger partial charge in [0.25, 0.3) is 0 Å². The van der Waals surface area contributed by atoms with Crippen molar-refractivity contribution in [3.8, 4) is 0 Å². The van der Waals surface area contributed by atoms with Gasteiger partial charge in [-0.1, -0.05) is 44.2 Å². The lowest BCUT2D eigenvalue weighted by Crippen LogP contribution is -2.55. The first kappa shape index (κ1) is 12.6. The number of carbonyl (C=O) groups is 2. The monoisotopic (exact) mass is 246 g/mol. The third kappa shape index (κ3) is 2.70. The molecular weight excluding hydrogens is 228 g/mol. The van der Waals surface area contributed by atoms with Crippen LogP contribution in [0.2, 0.25) is 0 Å². The van der Waals surface area contributed by atoms with Crippen molar-refractivity contribution >= 4 is 11.9 Å². The van der Waals surface area contributed by atoms with E-state index in [0.717, 1.165) is 5.56 Å². The predicted octanol–water partition coefficient (Wildman–Crippen LogP) is 2.15. The molecule has 4 heteroatoms. The quantitative estimate of drug-likeness (QED) is 0.888. The number of hydrogen-bond acceptors (Lipinski definition) is 2. The summed E-state index contributed by atoms with van der Waals surface area (Å²) in [6.07, 6.45) is 0.385. The molecule has 3 amide bonds. The molecule has 1 unspecified atom stereocenters. The van der Waals surface area contributed by atoms with Crippen molar-refractivity contribution in [2.45, 2.75) is 32.9 Å². The van der Waals surface area contributed by atoms with Crippen LogP contribution in [-0.2, 0) is 11.3 Å². The summed E-state index contributed by atoms with van der Waals surface area (Å²) in [6.45, 7) is 4.35. The van der Waals surface area contributed by atoms with Gasteiger partial charge in [0.15, 0.2) is 0 Å². The highest BCUT2D eigenvalue weighted by Gasteiger charge is 2.33. The van der Waals surface area contributed by atoms with Crippen LogP contribution in [0.4, 0.5) is 4.79 Å². The fourth-order valence-corrected chi connectivity index (χ4v) is 2.03. The molecule has 0 aliphatic carbocycles. The summed E-state index contributed by atoms with van der Waals surface area (Å²) in [5.74, 6) is 0.179. The highest BCUT2D eigenvalue weighted by molar-refractivity contribution is 5.97. The van der Waals surface area contributed by atoms with Crippen LogP contribution in [0.25, 0.3) is 0 Å². The van der Waals surface area contributed by atoms with Crippen LogP contribution in [0.5, 0.6) is 0 Å². The zero-order valence-electron chi connectivity index (χ0n) is 10.7. The van der Waals surface area contributed by atoms with Gasteiger partial charge in [0.2, 0.25) is 5.91 Å². The van der Waals surface area contributed by atoms with Gasteiger partial charge in [0.05, 0.1) is 6.54 Å². The van der Waals surface area contributed by atoms with Gasteiger partial charge in [0, 0.05) is 12.5 Å². The Morgan fingerprint density at radius 3 is 2.50 bits per heavy atom. The zero-order valence-corrected chi connectivity index (χ0v) is 10.7. The lowest BCUT2D eigenvalue weighted by molar-refractivity contribution is -0.131. The summed E-state index contributed by atoms with van der Waals surface area (Å²) in [7, 11) is 0. The Kier molecular flexibility index (Phi) is 3.65. The molecule has 0 radical (unpaired) electrons. The van der Waals surface area contributed by atoms with Gasteiger partial charge >= 0.3 is 6.03 Å². The second-order valence-corrected chi connectivity index (χ2v) is 4.97. The molecule has 1 N–H and O–H groups in total. The Hall–Kier alpha value is -1.84. The maximum Gasteiger partial charge on any atom is 0.324 e. The molecule has 0 bridgehead atoms. The first-order chi connectivity index (χ1) is 8.58. The highest BCUT2D eigenvalue weighted by Crippen LogP contribution is 2.16. The second-order valence-electron chi connectivity index (χ2n) is 4.97. The maximum atomic E-state index is 12.0. The van der Waals surface area contributed by atoms with E-state index in [-0.39, 0.29) is 23.9 Å². The number of nitrogens with zero attached hydrogens (tertiary/aromatic N) is 1. The summed E-state index contributed by atoms with van der Waals surface area (Å²) in [4.78, 5) is 25.2. The molecule has 2 rings (SSSR count). The standard InChI is InChI=1S/C14H18N2O2/c1-10(2)12-8-13(17)16(14(18)15-12)9-11-6-4-3-5-7-11/h3-7,10,12H,8-9H2,1-2H3,(H,15,18). The Bertz CT molecular complexity index is 424. The number of urea groups is 1. The Morgan fingerprint density at radius 2 is 1.94 bits per heavy atom. The molecule has 1 aliphatic heterocycles. The van der Waals surface area contributed by atoms with Crippen LogP contribution >= 0.6 is 0 Å². The number of carbonyl (C=O) groups excluding carboxylic acids is 2. The van der Waals surface area contributed by atoms with Crippen LogP contribution in [0.1, 0.15) is 25.8 Å². The Morgan fingerprint density at radius 1 is 1.28 bits per heavy atom. The van der Waals surface area contributed by atoms with Crippen LogP contribution in [0.15, 0.2) is 30.3 Å². The van der Waals surface area contributed by atoms with Crippen molar-refractivity contribution in [1.82, 2.24) is 10.2 Å². The van der Waals surface area contributed by atoms with Gasteiger partial charge in [-0.05, 0) is 11.5 Å². The number of benzene rings is 1. The Balaban J connectivity index is 2.07. The molecule has 1 aromatic carbocycles. The van der Waals surface area contributed by atoms with Crippen LogP contribution in [-0.4, -0.2) is 22.9 Å². The summed E-state index contributed by atoms with van der Waals surface area (Å²) in [5, 5.41) is 2.88. The van der Waals surface area contributed by atoms with Crippen molar-refractivity contribution in [3.63, 3.8) is 0 Å².